The Kier molecular flexibility index (Phi) is 1.36. The molecule has 14 heavy (non-hydrogen) atoms. The van der Waals surface area contributed by atoms with Gasteiger partial charge in [0.25, 0.3) is 0 Å². The minimum absolute atomic E-state index is 0.124. The van der Waals surface area contributed by atoms with E-state index in [0.717, 1.165) is 11.1 Å². The second kappa shape index (κ2) is 2.38. The number of fused-ring (bicyclic) bond motifs is 3. The van der Waals surface area contributed by atoms with E-state index in [-0.39, 0.29) is 23.8 Å². The molecule has 2 atom stereocenters. The molecule has 0 aromatic heterocycles. The third-order valence-electron chi connectivity index (χ3n) is 3.57. The Hall–Kier alpha value is -1.32. The summed E-state index contributed by atoms with van der Waals surface area (Å²) in [6.45, 7) is 2.92. The summed E-state index contributed by atoms with van der Waals surface area (Å²) in [6.07, 6.45) is 0.344. The van der Waals surface area contributed by atoms with Gasteiger partial charge in [0.2, 0.25) is 0 Å². The number of carbonyl (C=O) groups is 2. The number of carbonyl (C=O) groups excluding carboxylic acids is 2. The molecule has 0 N–H and O–H groups in total. The summed E-state index contributed by atoms with van der Waals surface area (Å²) in [5, 5.41) is 0. The topological polar surface area (TPSA) is 46.6 Å². The molecule has 3 aliphatic rings. The van der Waals surface area contributed by atoms with Crippen molar-refractivity contribution in [2.24, 2.45) is 5.92 Å². The van der Waals surface area contributed by atoms with Gasteiger partial charge in [-0.1, -0.05) is 0 Å². The third kappa shape index (κ3) is 0.786. The van der Waals surface area contributed by atoms with E-state index in [4.69, 9.17) is 4.74 Å². The van der Waals surface area contributed by atoms with Crippen LogP contribution < -0.4 is 0 Å². The zero-order valence-electron chi connectivity index (χ0n) is 7.95. The number of ketones is 1. The first kappa shape index (κ1) is 8.03. The lowest BCUT2D eigenvalue weighted by molar-refractivity contribution is -0.115. The smallest absolute Gasteiger partial charge is 0.410 e. The van der Waals surface area contributed by atoms with Crippen LogP contribution in [-0.2, 0) is 9.53 Å². The summed E-state index contributed by atoms with van der Waals surface area (Å²) in [4.78, 5) is 24.5. The standard InChI is InChI=1S/C10H11NO3/c1-5-7-3-11-8(4-14-10(11)13)6(7)2-9(5)12/h6,8H,2-4H2,1H3/t6-,8+/m0/s1. The summed E-state index contributed by atoms with van der Waals surface area (Å²) >= 11 is 0. The molecule has 2 heterocycles. The molecule has 1 aliphatic carbocycles. The molecule has 2 fully saturated rings. The minimum Gasteiger partial charge on any atom is -0.447 e. The highest BCUT2D eigenvalue weighted by Gasteiger charge is 2.50. The summed E-state index contributed by atoms with van der Waals surface area (Å²) in [7, 11) is 0. The predicted molar refractivity (Wildman–Crippen MR) is 47.7 cm³/mol. The van der Waals surface area contributed by atoms with Crippen LogP contribution in [0.3, 0.4) is 0 Å². The fourth-order valence-corrected chi connectivity index (χ4v) is 2.70. The number of ether oxygens (including phenoxy) is 1. The quantitative estimate of drug-likeness (QED) is 0.569. The van der Waals surface area contributed by atoms with E-state index < -0.39 is 0 Å². The maximum Gasteiger partial charge on any atom is 0.410 e. The van der Waals surface area contributed by atoms with Crippen LogP contribution in [0.2, 0.25) is 0 Å². The molecule has 0 bridgehead atoms. The van der Waals surface area contributed by atoms with E-state index in [1.165, 1.54) is 0 Å². The number of rotatable bonds is 0. The Bertz CT molecular complexity index is 372. The second-order valence-electron chi connectivity index (χ2n) is 4.16. The zero-order valence-corrected chi connectivity index (χ0v) is 7.95. The number of Topliss-reactive ketones (excluding diaryl/α,β-unsaturated/α-hetero) is 1. The van der Waals surface area contributed by atoms with E-state index in [9.17, 15) is 9.59 Å². The largest absolute Gasteiger partial charge is 0.447 e. The van der Waals surface area contributed by atoms with Gasteiger partial charge in [-0.25, -0.2) is 4.79 Å². The molecule has 0 saturated carbocycles. The third-order valence-corrected chi connectivity index (χ3v) is 3.57. The average Bonchev–Trinajstić information content (AvgIpc) is 2.74. The van der Waals surface area contributed by atoms with Gasteiger partial charge in [-0.15, -0.1) is 0 Å². The summed E-state index contributed by atoms with van der Waals surface area (Å²) in [6, 6.07) is 0.124. The Labute approximate surface area is 81.5 Å². The van der Waals surface area contributed by atoms with Crippen LogP contribution in [0, 0.1) is 5.92 Å². The minimum atomic E-state index is -0.225. The highest BCUT2D eigenvalue weighted by Crippen LogP contribution is 2.42. The molecular formula is C10H11NO3. The van der Waals surface area contributed by atoms with Gasteiger partial charge in [0.1, 0.15) is 6.61 Å². The van der Waals surface area contributed by atoms with Gasteiger partial charge in [0.05, 0.1) is 6.04 Å². The molecule has 74 valence electrons. The van der Waals surface area contributed by atoms with Crippen molar-refractivity contribution >= 4 is 11.9 Å². The number of amides is 1. The Morgan fingerprint density at radius 1 is 1.43 bits per heavy atom. The first-order valence-electron chi connectivity index (χ1n) is 4.84. The van der Waals surface area contributed by atoms with Crippen LogP contribution in [0.4, 0.5) is 4.79 Å². The van der Waals surface area contributed by atoms with Gasteiger partial charge in [-0.05, 0) is 18.1 Å². The fraction of sp³-hybridized carbons (Fsp3) is 0.600. The number of hydrogen-bond donors (Lipinski definition) is 0. The maximum atomic E-state index is 11.5. The Morgan fingerprint density at radius 2 is 2.21 bits per heavy atom. The molecule has 0 spiro atoms. The fourth-order valence-electron chi connectivity index (χ4n) is 2.70. The van der Waals surface area contributed by atoms with Gasteiger partial charge in [0.15, 0.2) is 5.78 Å². The molecule has 2 saturated heterocycles. The van der Waals surface area contributed by atoms with Crippen molar-refractivity contribution < 1.29 is 14.3 Å². The first-order valence-corrected chi connectivity index (χ1v) is 4.84. The van der Waals surface area contributed by atoms with E-state index in [1.807, 2.05) is 6.92 Å². The SMILES string of the molecule is CC1=C2CN3C(=O)OC[C@@H]3[C@H]2CC1=O. The van der Waals surface area contributed by atoms with Crippen molar-refractivity contribution in [2.45, 2.75) is 19.4 Å². The van der Waals surface area contributed by atoms with Crippen LogP contribution in [0.15, 0.2) is 11.1 Å². The van der Waals surface area contributed by atoms with Gasteiger partial charge in [-0.2, -0.15) is 0 Å². The monoisotopic (exact) mass is 193 g/mol. The highest BCUT2D eigenvalue weighted by atomic mass is 16.6. The molecule has 1 amide bonds. The van der Waals surface area contributed by atoms with Gasteiger partial charge in [-0.3, -0.25) is 9.69 Å². The van der Waals surface area contributed by atoms with Gasteiger partial charge < -0.3 is 4.74 Å². The van der Waals surface area contributed by atoms with Crippen molar-refractivity contribution in [1.82, 2.24) is 4.90 Å². The lowest BCUT2D eigenvalue weighted by Gasteiger charge is -2.13. The first-order chi connectivity index (χ1) is 6.68. The van der Waals surface area contributed by atoms with Crippen molar-refractivity contribution in [1.29, 1.82) is 0 Å². The molecule has 4 nitrogen and oxygen atoms in total. The number of cyclic esters (lactones) is 1. The van der Waals surface area contributed by atoms with Crippen LogP contribution in [-0.4, -0.2) is 36.0 Å². The van der Waals surface area contributed by atoms with Gasteiger partial charge in [0, 0.05) is 18.9 Å². The average molecular weight is 193 g/mol. The number of allylic oxidation sites excluding steroid dienone is 1. The lowest BCUT2D eigenvalue weighted by atomic mass is 9.98. The van der Waals surface area contributed by atoms with Crippen LogP contribution in [0.5, 0.6) is 0 Å². The second-order valence-corrected chi connectivity index (χ2v) is 4.16. The maximum absolute atomic E-state index is 11.5. The predicted octanol–water partition coefficient (Wildman–Crippen LogP) is 0.726. The molecule has 2 aliphatic heterocycles. The van der Waals surface area contributed by atoms with Crippen LogP contribution in [0.25, 0.3) is 0 Å². The van der Waals surface area contributed by atoms with Gasteiger partial charge >= 0.3 is 6.09 Å². The normalized spacial score (nSPS) is 35.1. The lowest BCUT2D eigenvalue weighted by Crippen LogP contribution is -2.30. The van der Waals surface area contributed by atoms with E-state index >= 15 is 0 Å². The molecular weight excluding hydrogens is 182 g/mol. The van der Waals surface area contributed by atoms with E-state index in [2.05, 4.69) is 0 Å². The Balaban J connectivity index is 2.00. The molecule has 0 unspecified atom stereocenters. The van der Waals surface area contributed by atoms with E-state index in [0.29, 0.717) is 19.6 Å². The molecule has 0 aromatic rings. The van der Waals surface area contributed by atoms with Crippen molar-refractivity contribution in [2.75, 3.05) is 13.2 Å². The molecule has 0 aromatic carbocycles. The molecule has 3 rings (SSSR count). The summed E-state index contributed by atoms with van der Waals surface area (Å²) in [5.74, 6) is 0.484. The summed E-state index contributed by atoms with van der Waals surface area (Å²) in [5.41, 5.74) is 2.04. The number of hydrogen-bond acceptors (Lipinski definition) is 3. The molecule has 4 heteroatoms. The van der Waals surface area contributed by atoms with Crippen LogP contribution in [0.1, 0.15) is 13.3 Å². The van der Waals surface area contributed by atoms with Crippen molar-refractivity contribution in [3.8, 4) is 0 Å². The summed E-state index contributed by atoms with van der Waals surface area (Å²) < 4.78 is 4.95. The van der Waals surface area contributed by atoms with E-state index in [1.54, 1.807) is 4.90 Å². The van der Waals surface area contributed by atoms with Crippen molar-refractivity contribution in [3.63, 3.8) is 0 Å². The zero-order chi connectivity index (χ0) is 9.87. The number of nitrogens with zero attached hydrogens (tertiary/aromatic N) is 1. The molecule has 0 radical (unpaired) electrons. The van der Waals surface area contributed by atoms with Crippen LogP contribution >= 0.6 is 0 Å². The highest BCUT2D eigenvalue weighted by molar-refractivity contribution is 5.99. The van der Waals surface area contributed by atoms with Crippen molar-refractivity contribution in [3.05, 3.63) is 11.1 Å². The Morgan fingerprint density at radius 3 is 3.00 bits per heavy atom.